The highest BCUT2D eigenvalue weighted by Crippen LogP contribution is 2.37. The number of aromatic nitrogens is 1. The van der Waals surface area contributed by atoms with Crippen molar-refractivity contribution < 1.29 is 23.5 Å². The van der Waals surface area contributed by atoms with Crippen LogP contribution in [0.15, 0.2) is 24.4 Å². The van der Waals surface area contributed by atoms with Gasteiger partial charge in [0, 0.05) is 42.7 Å². The van der Waals surface area contributed by atoms with Crippen molar-refractivity contribution in [3.8, 4) is 0 Å². The second-order valence-corrected chi connectivity index (χ2v) is 7.86. The lowest BCUT2D eigenvalue weighted by Gasteiger charge is -2.25. The van der Waals surface area contributed by atoms with E-state index in [1.54, 1.807) is 18.2 Å². The summed E-state index contributed by atoms with van der Waals surface area (Å²) in [7, 11) is 0. The number of carbonyl (C=O) groups excluding carboxylic acids is 2. The van der Waals surface area contributed by atoms with Gasteiger partial charge in [0.1, 0.15) is 12.4 Å². The Morgan fingerprint density at radius 2 is 1.91 bits per heavy atom. The summed E-state index contributed by atoms with van der Waals surface area (Å²) >= 11 is 0. The highest BCUT2D eigenvalue weighted by molar-refractivity contribution is 6.35. The summed E-state index contributed by atoms with van der Waals surface area (Å²) < 4.78 is 25.6. The van der Waals surface area contributed by atoms with E-state index in [-0.39, 0.29) is 36.0 Å². The third kappa shape index (κ3) is 4.36. The molecule has 0 saturated carbocycles. The molecule has 3 aliphatic heterocycles. The van der Waals surface area contributed by atoms with Gasteiger partial charge in [0.15, 0.2) is 0 Å². The first-order valence-electron chi connectivity index (χ1n) is 10.3. The first-order chi connectivity index (χ1) is 15.1. The molecule has 0 unspecified atom stereocenters. The number of rotatable bonds is 5. The molecule has 2 aromatic rings. The predicted octanol–water partition coefficient (Wildman–Crippen LogP) is 2.85. The van der Waals surface area contributed by atoms with E-state index in [4.69, 9.17) is 9.47 Å². The van der Waals surface area contributed by atoms with Crippen molar-refractivity contribution in [2.45, 2.75) is 13.1 Å². The monoisotopic (exact) mass is 462 g/mol. The second-order valence-electron chi connectivity index (χ2n) is 7.86. The van der Waals surface area contributed by atoms with Crippen LogP contribution >= 0.6 is 12.4 Å². The van der Waals surface area contributed by atoms with Crippen LogP contribution in [0.25, 0.3) is 11.6 Å². The van der Waals surface area contributed by atoms with Crippen LogP contribution in [0, 0.1) is 5.82 Å². The lowest BCUT2D eigenvalue weighted by molar-refractivity contribution is -0.110. The van der Waals surface area contributed by atoms with Crippen LogP contribution < -0.4 is 5.32 Å². The molecule has 0 radical (unpaired) electrons. The van der Waals surface area contributed by atoms with Crippen molar-refractivity contribution in [1.29, 1.82) is 0 Å². The normalized spacial score (nSPS) is 19.7. The highest BCUT2D eigenvalue weighted by atomic mass is 35.5. The zero-order valence-electron chi connectivity index (χ0n) is 17.4. The number of cyclic esters (lactones) is 1. The summed E-state index contributed by atoms with van der Waals surface area (Å²) in [6, 6.07) is 5.24. The van der Waals surface area contributed by atoms with Crippen LogP contribution in [0.1, 0.15) is 22.4 Å². The maximum Gasteiger partial charge on any atom is 0.410 e. The van der Waals surface area contributed by atoms with Gasteiger partial charge in [-0.05, 0) is 23.8 Å². The van der Waals surface area contributed by atoms with Gasteiger partial charge >= 0.3 is 6.09 Å². The maximum absolute atomic E-state index is 15.4. The van der Waals surface area contributed by atoms with Crippen LogP contribution in [0.5, 0.6) is 0 Å². The molecular weight excluding hydrogens is 439 g/mol. The number of ether oxygens (including phenoxy) is 2. The van der Waals surface area contributed by atoms with Crippen LogP contribution in [-0.2, 0) is 27.4 Å². The third-order valence-electron chi connectivity index (χ3n) is 5.77. The number of amides is 2. The van der Waals surface area contributed by atoms with Crippen LogP contribution in [0.4, 0.5) is 14.9 Å². The minimum Gasteiger partial charge on any atom is -0.448 e. The minimum absolute atomic E-state index is 0. The zero-order valence-corrected chi connectivity index (χ0v) is 18.2. The minimum atomic E-state index is -0.498. The van der Waals surface area contributed by atoms with Crippen molar-refractivity contribution in [2.75, 3.05) is 44.8 Å². The van der Waals surface area contributed by atoms with E-state index in [9.17, 15) is 9.59 Å². The number of aromatic amines is 1. The number of carbonyl (C=O) groups is 2. The Labute approximate surface area is 190 Å². The fourth-order valence-electron chi connectivity index (χ4n) is 4.13. The van der Waals surface area contributed by atoms with E-state index < -0.39 is 11.9 Å². The van der Waals surface area contributed by atoms with Crippen molar-refractivity contribution in [1.82, 2.24) is 14.8 Å². The fraction of sp³-hybridized carbons (Fsp3) is 0.364. The maximum atomic E-state index is 15.4. The number of H-pyrrole nitrogens is 1. The number of morpholine rings is 1. The van der Waals surface area contributed by atoms with Crippen LogP contribution in [-0.4, -0.2) is 66.2 Å². The summed E-state index contributed by atoms with van der Waals surface area (Å²) in [5.74, 6) is -0.849. The molecule has 2 saturated heterocycles. The van der Waals surface area contributed by atoms with Crippen molar-refractivity contribution >= 4 is 41.7 Å². The molecule has 5 rings (SSSR count). The van der Waals surface area contributed by atoms with E-state index >= 15 is 4.39 Å². The van der Waals surface area contributed by atoms with E-state index in [1.165, 1.54) is 4.90 Å². The van der Waals surface area contributed by atoms with E-state index in [0.29, 0.717) is 24.4 Å². The molecule has 2 N–H and O–H groups in total. The van der Waals surface area contributed by atoms with Crippen molar-refractivity contribution in [2.24, 2.45) is 0 Å². The van der Waals surface area contributed by atoms with E-state index in [0.717, 1.165) is 44.1 Å². The van der Waals surface area contributed by atoms with Gasteiger partial charge in [-0.1, -0.05) is 6.07 Å². The second kappa shape index (κ2) is 9.32. The van der Waals surface area contributed by atoms with Crippen molar-refractivity contribution in [3.63, 3.8) is 0 Å². The average Bonchev–Trinajstić information content (AvgIpc) is 3.46. The standard InChI is InChI=1S/C22H23FN4O4.ClH/c23-20-15(13-27-5-8-31-22(27)29)1-2-18-19(20)17(21(28)25-18)10-16-9-14(11-24-16)12-26-3-6-30-7-4-26;/h1-2,9-11,24H,3-8,12-13H2,(H,25,28);1H/b17-10-;. The van der Waals surface area contributed by atoms with E-state index in [2.05, 4.69) is 15.2 Å². The number of hydrogen-bond donors (Lipinski definition) is 2. The Bertz CT molecular complexity index is 1060. The molecule has 10 heteroatoms. The Kier molecular flexibility index (Phi) is 6.50. The van der Waals surface area contributed by atoms with Gasteiger partial charge in [0.2, 0.25) is 0 Å². The summed E-state index contributed by atoms with van der Waals surface area (Å²) in [6.07, 6.45) is 3.12. The van der Waals surface area contributed by atoms with Gasteiger partial charge in [-0.15, -0.1) is 12.4 Å². The van der Waals surface area contributed by atoms with Gasteiger partial charge in [0.25, 0.3) is 5.91 Å². The number of anilines is 1. The van der Waals surface area contributed by atoms with Gasteiger partial charge < -0.3 is 24.7 Å². The van der Waals surface area contributed by atoms with Crippen LogP contribution in [0.3, 0.4) is 0 Å². The highest BCUT2D eigenvalue weighted by Gasteiger charge is 2.31. The summed E-state index contributed by atoms with van der Waals surface area (Å²) in [6.45, 7) is 4.84. The summed E-state index contributed by atoms with van der Waals surface area (Å²) in [5.41, 5.74) is 3.10. The number of halogens is 2. The Hall–Kier alpha value is -2.88. The molecule has 2 amide bonds. The molecule has 4 heterocycles. The molecule has 0 aliphatic carbocycles. The molecule has 2 fully saturated rings. The first kappa shape index (κ1) is 22.3. The number of fused-ring (bicyclic) bond motifs is 1. The topological polar surface area (TPSA) is 86.9 Å². The number of nitrogens with zero attached hydrogens (tertiary/aromatic N) is 2. The molecule has 0 atom stereocenters. The van der Waals surface area contributed by atoms with Gasteiger partial charge in [-0.2, -0.15) is 0 Å². The summed E-state index contributed by atoms with van der Waals surface area (Å²) in [5, 5.41) is 2.72. The van der Waals surface area contributed by atoms with E-state index in [1.807, 2.05) is 12.3 Å². The van der Waals surface area contributed by atoms with Gasteiger partial charge in [-0.3, -0.25) is 9.69 Å². The SMILES string of the molecule is Cl.O=C1Nc2ccc(CN3CCOC3=O)c(F)c2/C1=C/c1cc(CN2CCOCC2)c[nH]1. The Morgan fingerprint density at radius 3 is 2.66 bits per heavy atom. The molecule has 32 heavy (non-hydrogen) atoms. The quantitative estimate of drug-likeness (QED) is 0.667. The zero-order chi connectivity index (χ0) is 21.4. The molecular formula is C22H24ClFN4O4. The third-order valence-corrected chi connectivity index (χ3v) is 5.77. The molecule has 3 aliphatic rings. The van der Waals surface area contributed by atoms with Gasteiger partial charge in [0.05, 0.1) is 37.6 Å². The average molecular weight is 463 g/mol. The molecule has 0 spiro atoms. The fourth-order valence-corrected chi connectivity index (χ4v) is 4.13. The lowest BCUT2D eigenvalue weighted by Crippen LogP contribution is -2.35. The number of nitrogens with one attached hydrogen (secondary N) is 2. The molecule has 1 aromatic heterocycles. The first-order valence-corrected chi connectivity index (χ1v) is 10.3. The van der Waals surface area contributed by atoms with Crippen LogP contribution in [0.2, 0.25) is 0 Å². The molecule has 170 valence electrons. The van der Waals surface area contributed by atoms with Gasteiger partial charge in [-0.25, -0.2) is 9.18 Å². The molecule has 1 aromatic carbocycles. The Balaban J connectivity index is 0.00000245. The molecule has 8 nitrogen and oxygen atoms in total. The Morgan fingerprint density at radius 1 is 1.09 bits per heavy atom. The van der Waals surface area contributed by atoms with Crippen molar-refractivity contribution in [3.05, 3.63) is 52.6 Å². The number of hydrogen-bond acceptors (Lipinski definition) is 5. The smallest absolute Gasteiger partial charge is 0.410 e. The largest absolute Gasteiger partial charge is 0.448 e. The predicted molar refractivity (Wildman–Crippen MR) is 119 cm³/mol. The lowest BCUT2D eigenvalue weighted by atomic mass is 10.0. The number of benzene rings is 1. The summed E-state index contributed by atoms with van der Waals surface area (Å²) in [4.78, 5) is 31.2. The molecule has 0 bridgehead atoms.